The van der Waals surface area contributed by atoms with E-state index in [0.717, 1.165) is 19.6 Å². The third kappa shape index (κ3) is 10.6. The third-order valence-corrected chi connectivity index (χ3v) is 12.4. The molecule has 0 heterocycles. The van der Waals surface area contributed by atoms with Gasteiger partial charge in [-0.15, -0.1) is 0 Å². The molecule has 3 nitrogen and oxygen atoms in total. The molecule has 0 fully saturated rings. The Labute approximate surface area is 254 Å². The maximum absolute atomic E-state index is 12.8. The van der Waals surface area contributed by atoms with Crippen molar-refractivity contribution in [3.8, 4) is 0 Å². The van der Waals surface area contributed by atoms with Crippen molar-refractivity contribution < 1.29 is 22.5 Å². The van der Waals surface area contributed by atoms with Gasteiger partial charge in [0.1, 0.15) is 25.9 Å². The molecule has 1 unspecified atom stereocenters. The van der Waals surface area contributed by atoms with Crippen molar-refractivity contribution in [2.24, 2.45) is 0 Å². The van der Waals surface area contributed by atoms with Crippen LogP contribution in [0.5, 0.6) is 0 Å². The van der Waals surface area contributed by atoms with Crippen LogP contribution in [0.25, 0.3) is 0 Å². The van der Waals surface area contributed by atoms with E-state index in [0.29, 0.717) is 10.6 Å². The third-order valence-electron chi connectivity index (χ3n) is 5.58. The summed E-state index contributed by atoms with van der Waals surface area (Å²) in [6, 6.07) is 26.4. The van der Waals surface area contributed by atoms with Gasteiger partial charge in [0, 0.05) is 30.2 Å². The van der Waals surface area contributed by atoms with E-state index in [1.807, 2.05) is 69.3 Å². The summed E-state index contributed by atoms with van der Waals surface area (Å²) in [4.78, 5) is 0. The summed E-state index contributed by atoms with van der Waals surface area (Å²) in [5.74, 6) is -0.735. The van der Waals surface area contributed by atoms with Gasteiger partial charge in [-0.05, 0) is 107 Å². The van der Waals surface area contributed by atoms with Crippen molar-refractivity contribution in [1.82, 2.24) is 0 Å². The van der Waals surface area contributed by atoms with Crippen molar-refractivity contribution >= 4 is 75.8 Å². The van der Waals surface area contributed by atoms with Crippen LogP contribution in [0.1, 0.15) is 20.8 Å². The predicted molar refractivity (Wildman–Crippen MR) is 175 cm³/mol. The topological polar surface area (TPSA) is 51.2 Å². The van der Waals surface area contributed by atoms with E-state index in [-0.39, 0.29) is 25.3 Å². The fourth-order valence-corrected chi connectivity index (χ4v) is 7.20. The fraction of sp³-hybridized carbons (Fsp3) is 0.200. The van der Waals surface area contributed by atoms with Crippen molar-refractivity contribution in [1.29, 1.82) is 0 Å². The maximum Gasteiger partial charge on any atom is 0.330 e. The van der Waals surface area contributed by atoms with Gasteiger partial charge in [0.25, 0.3) is 0 Å². The van der Waals surface area contributed by atoms with Crippen LogP contribution in [0.2, 0.25) is 0 Å². The molecule has 212 valence electrons. The highest BCUT2D eigenvalue weighted by Gasteiger charge is 2.22. The zero-order valence-electron chi connectivity index (χ0n) is 22.9. The van der Waals surface area contributed by atoms with Crippen LogP contribution in [0.15, 0.2) is 106 Å². The first-order chi connectivity index (χ1) is 18.6. The highest BCUT2D eigenvalue weighted by molar-refractivity contribution is 9.10. The molecule has 1 atom stereocenters. The number of halogens is 4. The molecule has 0 bridgehead atoms. The molecular formula is C30H32Br2F2O3P3+. The minimum atomic E-state index is -2.77. The van der Waals surface area contributed by atoms with Gasteiger partial charge < -0.3 is 9.13 Å². The van der Waals surface area contributed by atoms with Crippen LogP contribution < -0.4 is 21.2 Å². The van der Waals surface area contributed by atoms with Crippen LogP contribution in [0.4, 0.5) is 8.78 Å². The average molecular weight is 731 g/mol. The fourth-order valence-electron chi connectivity index (χ4n) is 3.20. The second kappa shape index (κ2) is 14.9. The minimum Gasteiger partial charge on any atom is -0.314 e. The second-order valence-corrected chi connectivity index (χ2v) is 19.4. The summed E-state index contributed by atoms with van der Waals surface area (Å²) in [6.45, 7) is 9.22. The largest absolute Gasteiger partial charge is 0.330 e. The van der Waals surface area contributed by atoms with E-state index in [2.05, 4.69) is 31.9 Å². The van der Waals surface area contributed by atoms with E-state index in [1.54, 1.807) is 13.3 Å². The highest BCUT2D eigenvalue weighted by Crippen LogP contribution is 2.39. The Hall–Kier alpha value is -1.74. The lowest BCUT2D eigenvalue weighted by atomic mass is 10.3. The molecule has 0 aromatic heterocycles. The van der Waals surface area contributed by atoms with Crippen LogP contribution in [-0.4, -0.2) is 18.5 Å². The molecule has 4 rings (SSSR count). The summed E-state index contributed by atoms with van der Waals surface area (Å²) in [5.41, 5.74) is 0. The zero-order chi connectivity index (χ0) is 30.1. The molecule has 0 spiro atoms. The van der Waals surface area contributed by atoms with Gasteiger partial charge in [0.15, 0.2) is 5.16 Å². The van der Waals surface area contributed by atoms with Crippen LogP contribution >= 0.6 is 54.6 Å². The maximum atomic E-state index is 12.8. The molecule has 0 aliphatic carbocycles. The smallest absolute Gasteiger partial charge is 0.314 e. The zero-order valence-corrected chi connectivity index (χ0v) is 28.8. The number of benzene rings is 4. The van der Waals surface area contributed by atoms with Gasteiger partial charge in [-0.3, -0.25) is 0 Å². The summed E-state index contributed by atoms with van der Waals surface area (Å²) in [6.07, 6.45) is 0. The first-order valence-corrected chi connectivity index (χ1v) is 19.0. The quantitative estimate of drug-likeness (QED) is 0.197. The molecule has 4 aromatic carbocycles. The standard InChI is InChI=1S/C13H11Br2OP.C13H11F2OP.C4H9OP/c2*1-17(16,12-6-2-10(14)3-7-12)13-8-4-11(15)5-9-13;1-4(2,3)6-5/h2*2-9H,1H3;1-3H3/p+1. The average Bonchev–Trinajstić information content (AvgIpc) is 2.90. The Kier molecular flexibility index (Phi) is 12.9. The predicted octanol–water partition coefficient (Wildman–Crippen LogP) is 8.87. The first kappa shape index (κ1) is 34.5. The van der Waals surface area contributed by atoms with Gasteiger partial charge >= 0.3 is 8.46 Å². The molecule has 0 saturated carbocycles. The minimum absolute atomic E-state index is 0.0139. The van der Waals surface area contributed by atoms with Crippen molar-refractivity contribution in [3.05, 3.63) is 118 Å². The van der Waals surface area contributed by atoms with Gasteiger partial charge in [-0.1, -0.05) is 60.7 Å². The normalized spacial score (nSPS) is 11.6. The van der Waals surface area contributed by atoms with Crippen molar-refractivity contribution in [3.63, 3.8) is 0 Å². The number of hydrogen-bond donors (Lipinski definition) is 0. The summed E-state index contributed by atoms with van der Waals surface area (Å²) >= 11 is 6.76. The molecule has 0 radical (unpaired) electrons. The van der Waals surface area contributed by atoms with Crippen LogP contribution in [0, 0.1) is 11.6 Å². The van der Waals surface area contributed by atoms with Crippen LogP contribution in [-0.2, 0) is 13.7 Å². The van der Waals surface area contributed by atoms with Gasteiger partial charge in [-0.25, -0.2) is 8.78 Å². The van der Waals surface area contributed by atoms with Crippen LogP contribution in [0.3, 0.4) is 0 Å². The van der Waals surface area contributed by atoms with E-state index >= 15 is 0 Å². The highest BCUT2D eigenvalue weighted by atomic mass is 79.9. The van der Waals surface area contributed by atoms with Gasteiger partial charge in [0.05, 0.1) is 0 Å². The molecular weight excluding hydrogens is 699 g/mol. The summed E-state index contributed by atoms with van der Waals surface area (Å²) < 4.78 is 63.0. The lowest BCUT2D eigenvalue weighted by Crippen LogP contribution is -2.14. The second-order valence-electron chi connectivity index (χ2n) is 10.1. The molecule has 0 N–H and O–H groups in total. The number of hydrogen-bond acceptors (Lipinski definition) is 3. The molecule has 0 aliphatic rings. The van der Waals surface area contributed by atoms with Crippen molar-refractivity contribution in [2.45, 2.75) is 25.9 Å². The summed E-state index contributed by atoms with van der Waals surface area (Å²) in [5, 5.41) is 2.89. The molecule has 10 heteroatoms. The number of rotatable bonds is 4. The van der Waals surface area contributed by atoms with E-state index in [4.69, 9.17) is 0 Å². The lowest BCUT2D eigenvalue weighted by Gasteiger charge is -2.14. The van der Waals surface area contributed by atoms with Gasteiger partial charge in [-0.2, -0.15) is 0 Å². The Morgan fingerprint density at radius 3 is 0.950 bits per heavy atom. The van der Waals surface area contributed by atoms with Gasteiger partial charge in [0.2, 0.25) is 0 Å². The van der Waals surface area contributed by atoms with E-state index in [1.165, 1.54) is 48.5 Å². The summed E-state index contributed by atoms with van der Waals surface area (Å²) in [7, 11) is -5.43. The van der Waals surface area contributed by atoms with Crippen molar-refractivity contribution in [2.75, 3.05) is 13.3 Å². The monoisotopic (exact) mass is 729 g/mol. The molecule has 40 heavy (non-hydrogen) atoms. The molecule has 0 aliphatic heterocycles. The lowest BCUT2D eigenvalue weighted by molar-refractivity contribution is 0.579. The Morgan fingerprint density at radius 1 is 0.550 bits per heavy atom. The SMILES string of the molecule is CC(C)(C)[PH+]=O.CP(=O)(c1ccc(Br)cc1)c1ccc(Br)cc1.CP(=O)(c1ccc(F)cc1)c1ccc(F)cc1. The Bertz CT molecular complexity index is 1280. The Balaban J connectivity index is 0.000000234. The van der Waals surface area contributed by atoms with E-state index < -0.39 is 14.3 Å². The molecule has 0 amide bonds. The van der Waals surface area contributed by atoms with E-state index in [9.17, 15) is 22.5 Å². The first-order valence-electron chi connectivity index (χ1n) is 12.1. The molecule has 0 saturated heterocycles. The molecule has 4 aromatic rings. The Morgan fingerprint density at radius 2 is 0.750 bits per heavy atom.